The first-order valence-corrected chi connectivity index (χ1v) is 10.2. The van der Waals surface area contributed by atoms with Crippen LogP contribution in [0.2, 0.25) is 0 Å². The zero-order valence-corrected chi connectivity index (χ0v) is 16.9. The smallest absolute Gasteiger partial charge is 0.289 e. The Bertz CT molecular complexity index is 588. The van der Waals surface area contributed by atoms with Crippen LogP contribution in [0.1, 0.15) is 49.4 Å². The fourth-order valence-electron chi connectivity index (χ4n) is 4.53. The number of rotatable bonds is 6. The van der Waals surface area contributed by atoms with Gasteiger partial charge < -0.3 is 19.1 Å². The Morgan fingerprint density at radius 1 is 1.15 bits per heavy atom. The van der Waals surface area contributed by atoms with Crippen molar-refractivity contribution in [2.75, 3.05) is 46.8 Å². The number of hydrogen-bond acceptors (Lipinski definition) is 4. The predicted molar refractivity (Wildman–Crippen MR) is 104 cm³/mol. The summed E-state index contributed by atoms with van der Waals surface area (Å²) >= 11 is 0. The van der Waals surface area contributed by atoms with Gasteiger partial charge in [-0.15, -0.1) is 0 Å². The molecule has 1 aromatic heterocycles. The van der Waals surface area contributed by atoms with E-state index in [4.69, 9.17) is 4.42 Å². The molecular weight excluding hydrogens is 326 g/mol. The molecule has 0 bridgehead atoms. The van der Waals surface area contributed by atoms with E-state index in [1.165, 1.54) is 32.5 Å². The topological polar surface area (TPSA) is 39.9 Å². The third-order valence-corrected chi connectivity index (χ3v) is 5.78. The summed E-state index contributed by atoms with van der Waals surface area (Å²) in [6.45, 7) is 10.8. The molecule has 0 radical (unpaired) electrons. The van der Waals surface area contributed by atoms with Crippen molar-refractivity contribution < 1.29 is 9.21 Å². The monoisotopic (exact) mass is 361 g/mol. The predicted octanol–water partition coefficient (Wildman–Crippen LogP) is 3.17. The molecule has 0 spiro atoms. The molecule has 146 valence electrons. The van der Waals surface area contributed by atoms with Crippen molar-refractivity contribution >= 4 is 5.91 Å². The number of furan rings is 1. The summed E-state index contributed by atoms with van der Waals surface area (Å²) in [6, 6.07) is 3.75. The van der Waals surface area contributed by atoms with Crippen molar-refractivity contribution in [3.05, 3.63) is 23.7 Å². The first kappa shape index (κ1) is 19.4. The molecule has 0 N–H and O–H groups in total. The van der Waals surface area contributed by atoms with E-state index in [9.17, 15) is 4.79 Å². The molecular formula is C21H35N3O2. The Balaban J connectivity index is 1.49. The van der Waals surface area contributed by atoms with Gasteiger partial charge in [0.05, 0.1) is 6.54 Å². The van der Waals surface area contributed by atoms with Gasteiger partial charge in [-0.05, 0) is 76.3 Å². The van der Waals surface area contributed by atoms with Crippen LogP contribution in [0.4, 0.5) is 0 Å². The Labute approximate surface area is 158 Å². The molecule has 26 heavy (non-hydrogen) atoms. The molecule has 1 atom stereocenters. The molecule has 2 aliphatic heterocycles. The molecule has 3 heterocycles. The van der Waals surface area contributed by atoms with Gasteiger partial charge >= 0.3 is 0 Å². The van der Waals surface area contributed by atoms with Crippen LogP contribution < -0.4 is 0 Å². The molecule has 1 aromatic rings. The lowest BCUT2D eigenvalue weighted by atomic mass is 9.83. The minimum atomic E-state index is 0.0646. The molecule has 2 fully saturated rings. The summed E-state index contributed by atoms with van der Waals surface area (Å²) in [7, 11) is 4.00. The van der Waals surface area contributed by atoms with E-state index in [-0.39, 0.29) is 5.91 Å². The molecule has 2 saturated heterocycles. The SMILES string of the molecule is CC(C)CN1CCC(C2CCN(C(=O)c3ccc(CN(C)C)o3)C2)CC1. The lowest BCUT2D eigenvalue weighted by Crippen LogP contribution is -2.39. The molecule has 0 aliphatic carbocycles. The van der Waals surface area contributed by atoms with E-state index in [1.54, 1.807) is 0 Å². The van der Waals surface area contributed by atoms with Crippen LogP contribution in [0.5, 0.6) is 0 Å². The van der Waals surface area contributed by atoms with E-state index in [0.717, 1.165) is 43.7 Å². The van der Waals surface area contributed by atoms with Gasteiger partial charge in [-0.2, -0.15) is 0 Å². The molecule has 0 saturated carbocycles. The highest BCUT2D eigenvalue weighted by molar-refractivity contribution is 5.91. The van der Waals surface area contributed by atoms with Crippen LogP contribution in [0.15, 0.2) is 16.5 Å². The number of carbonyl (C=O) groups excluding carboxylic acids is 1. The fraction of sp³-hybridized carbons (Fsp3) is 0.762. The van der Waals surface area contributed by atoms with Crippen LogP contribution in [-0.2, 0) is 6.54 Å². The third kappa shape index (κ3) is 4.89. The summed E-state index contributed by atoms with van der Waals surface area (Å²) in [4.78, 5) is 19.4. The second kappa shape index (κ2) is 8.57. The lowest BCUT2D eigenvalue weighted by molar-refractivity contribution is 0.0738. The Morgan fingerprint density at radius 2 is 1.85 bits per heavy atom. The van der Waals surface area contributed by atoms with E-state index >= 15 is 0 Å². The maximum absolute atomic E-state index is 12.8. The number of piperidine rings is 1. The Kier molecular flexibility index (Phi) is 6.41. The fourth-order valence-corrected chi connectivity index (χ4v) is 4.53. The van der Waals surface area contributed by atoms with Gasteiger partial charge in [-0.3, -0.25) is 4.79 Å². The van der Waals surface area contributed by atoms with Gasteiger partial charge in [0.25, 0.3) is 5.91 Å². The van der Waals surface area contributed by atoms with Crippen LogP contribution in [0.3, 0.4) is 0 Å². The highest BCUT2D eigenvalue weighted by Gasteiger charge is 2.34. The van der Waals surface area contributed by atoms with Crippen LogP contribution in [-0.4, -0.2) is 67.4 Å². The summed E-state index contributed by atoms with van der Waals surface area (Å²) < 4.78 is 5.76. The first-order valence-electron chi connectivity index (χ1n) is 10.2. The number of carbonyl (C=O) groups is 1. The van der Waals surface area contributed by atoms with Crippen molar-refractivity contribution in [3.63, 3.8) is 0 Å². The largest absolute Gasteiger partial charge is 0.455 e. The zero-order valence-electron chi connectivity index (χ0n) is 16.9. The Morgan fingerprint density at radius 3 is 2.50 bits per heavy atom. The molecule has 3 rings (SSSR count). The van der Waals surface area contributed by atoms with Crippen LogP contribution >= 0.6 is 0 Å². The maximum atomic E-state index is 12.8. The molecule has 5 heteroatoms. The van der Waals surface area contributed by atoms with Crippen LogP contribution in [0, 0.1) is 17.8 Å². The first-order chi connectivity index (χ1) is 12.4. The summed E-state index contributed by atoms with van der Waals surface area (Å²) in [5.74, 6) is 3.60. The van der Waals surface area contributed by atoms with Crippen molar-refractivity contribution in [2.45, 2.75) is 39.7 Å². The van der Waals surface area contributed by atoms with E-state index in [0.29, 0.717) is 11.7 Å². The zero-order chi connectivity index (χ0) is 18.7. The normalized spacial score (nSPS) is 22.7. The third-order valence-electron chi connectivity index (χ3n) is 5.78. The second-order valence-corrected chi connectivity index (χ2v) is 8.84. The molecule has 0 aromatic carbocycles. The lowest BCUT2D eigenvalue weighted by Gasteiger charge is -2.35. The van der Waals surface area contributed by atoms with Crippen molar-refractivity contribution in [3.8, 4) is 0 Å². The standard InChI is InChI=1S/C21H35N3O2/c1-16(2)13-23-10-7-17(8-11-23)18-9-12-24(14-18)21(25)20-6-5-19(26-20)15-22(3)4/h5-6,16-18H,7-15H2,1-4H3. The van der Waals surface area contributed by atoms with Gasteiger partial charge in [0.15, 0.2) is 5.76 Å². The number of amides is 1. The van der Waals surface area contributed by atoms with Crippen LogP contribution in [0.25, 0.3) is 0 Å². The Hall–Kier alpha value is -1.33. The number of likely N-dealkylation sites (tertiary alicyclic amines) is 2. The van der Waals surface area contributed by atoms with E-state index in [1.807, 2.05) is 36.0 Å². The molecule has 1 unspecified atom stereocenters. The van der Waals surface area contributed by atoms with Gasteiger partial charge in [-0.25, -0.2) is 0 Å². The molecule has 5 nitrogen and oxygen atoms in total. The van der Waals surface area contributed by atoms with Gasteiger partial charge in [-0.1, -0.05) is 13.8 Å². The van der Waals surface area contributed by atoms with E-state index < -0.39 is 0 Å². The molecule has 1 amide bonds. The second-order valence-electron chi connectivity index (χ2n) is 8.84. The highest BCUT2D eigenvalue weighted by Crippen LogP contribution is 2.32. The minimum absolute atomic E-state index is 0.0646. The minimum Gasteiger partial charge on any atom is -0.455 e. The van der Waals surface area contributed by atoms with Gasteiger partial charge in [0.1, 0.15) is 5.76 Å². The summed E-state index contributed by atoms with van der Waals surface area (Å²) in [5.41, 5.74) is 0. The van der Waals surface area contributed by atoms with Crippen molar-refractivity contribution in [2.24, 2.45) is 17.8 Å². The van der Waals surface area contributed by atoms with Crippen molar-refractivity contribution in [1.29, 1.82) is 0 Å². The van der Waals surface area contributed by atoms with E-state index in [2.05, 4.69) is 18.7 Å². The average Bonchev–Trinajstić information content (AvgIpc) is 3.23. The quantitative estimate of drug-likeness (QED) is 0.780. The number of hydrogen-bond donors (Lipinski definition) is 0. The summed E-state index contributed by atoms with van der Waals surface area (Å²) in [5, 5.41) is 0. The van der Waals surface area contributed by atoms with Gasteiger partial charge in [0.2, 0.25) is 0 Å². The summed E-state index contributed by atoms with van der Waals surface area (Å²) in [6.07, 6.45) is 3.71. The average molecular weight is 362 g/mol. The maximum Gasteiger partial charge on any atom is 0.289 e. The molecule has 2 aliphatic rings. The van der Waals surface area contributed by atoms with Gasteiger partial charge in [0, 0.05) is 19.6 Å². The highest BCUT2D eigenvalue weighted by atomic mass is 16.4. The van der Waals surface area contributed by atoms with Crippen molar-refractivity contribution in [1.82, 2.24) is 14.7 Å². The number of nitrogens with zero attached hydrogens (tertiary/aromatic N) is 3.